The van der Waals surface area contributed by atoms with E-state index in [0.717, 1.165) is 42.5 Å². The summed E-state index contributed by atoms with van der Waals surface area (Å²) in [6.07, 6.45) is 3.23. The minimum atomic E-state index is -1.30. The van der Waals surface area contributed by atoms with Crippen LogP contribution in [0.3, 0.4) is 0 Å². The number of nitrogens with one attached hydrogen (secondary N) is 10. The van der Waals surface area contributed by atoms with Crippen molar-refractivity contribution in [1.82, 2.24) is 52.4 Å². The third-order valence-electron chi connectivity index (χ3n) is 14.5. The number of hydrogen-bond donors (Lipinski definition) is 14. The van der Waals surface area contributed by atoms with Crippen LogP contribution in [0.5, 0.6) is 5.75 Å². The van der Waals surface area contributed by atoms with Crippen molar-refractivity contribution in [1.29, 1.82) is 5.41 Å². The summed E-state index contributed by atoms with van der Waals surface area (Å²) >= 11 is 6.15. The summed E-state index contributed by atoms with van der Waals surface area (Å²) in [6, 6.07) is 13.5. The lowest BCUT2D eigenvalue weighted by atomic mass is 10.0. The molecule has 7 atom stereocenters. The number of guanidine groups is 1. The zero-order chi connectivity index (χ0) is 66.8. The summed E-state index contributed by atoms with van der Waals surface area (Å²) in [6.45, 7) is 9.47. The maximum atomic E-state index is 13.9. The number of halogens is 1. The Labute approximate surface area is 535 Å². The van der Waals surface area contributed by atoms with Crippen molar-refractivity contribution >= 4 is 87.7 Å². The van der Waals surface area contributed by atoms with Crippen molar-refractivity contribution in [3.8, 4) is 5.75 Å². The van der Waals surface area contributed by atoms with Crippen molar-refractivity contribution in [3.63, 3.8) is 0 Å². The molecule has 8 amide bonds. The van der Waals surface area contributed by atoms with Gasteiger partial charge in [-0.2, -0.15) is 0 Å². The van der Waals surface area contributed by atoms with Gasteiger partial charge in [0.25, 0.3) is 0 Å². The predicted molar refractivity (Wildman–Crippen MR) is 343 cm³/mol. The van der Waals surface area contributed by atoms with Gasteiger partial charge in [0, 0.05) is 61.3 Å². The molecule has 28 nitrogen and oxygen atoms in total. The van der Waals surface area contributed by atoms with E-state index in [0.29, 0.717) is 54.1 Å². The van der Waals surface area contributed by atoms with E-state index in [4.69, 9.17) is 48.4 Å². The van der Waals surface area contributed by atoms with Crippen LogP contribution in [0.2, 0.25) is 5.02 Å². The van der Waals surface area contributed by atoms with E-state index in [-0.39, 0.29) is 82.6 Å². The fraction of sp³-hybridized carbons (Fsp3) is 0.500. The minimum Gasteiger partial charge on any atom is -0.508 e. The highest BCUT2D eigenvalue weighted by Gasteiger charge is 2.31. The molecule has 1 heterocycles. The normalized spacial score (nSPS) is 13.3. The van der Waals surface area contributed by atoms with Crippen LogP contribution in [0.25, 0.3) is 10.9 Å². The monoisotopic (exact) mass is 1290 g/mol. The van der Waals surface area contributed by atoms with E-state index in [9.17, 15) is 48.3 Å². The highest BCUT2D eigenvalue weighted by Crippen LogP contribution is 2.25. The summed E-state index contributed by atoms with van der Waals surface area (Å²) in [7, 11) is 1.40. The number of fused-ring (bicyclic) bond motifs is 1. The standard InChI is InChI=1S/C62H90ClN15O13/c1-6-78(31-11-12-38(2)71-48-27-30-69-51-35-44(63)21-24-46(48)51)32-33-89-62(88)91-37-43-17-15-42(16-18-43)36-90-61(87)77-60(67)70-29-10-8-14-49(75-59(86)50(13-7-9-28-64)74-56(83)47(65)25-26-53(66)80)58(85)73-39(3)54(81)72-40(4)55(82)76-52(57(84)68-5)34-41-19-22-45(79)23-20-41/h15-24,27,30,35,38-40,47,49-50,52,79H,6-14,25-26,28-29,31-34,36-37,64-65H2,1-5H3,(H2,66,80)(H,68,84)(H,69,71)(H,72,81)(H,73,85)(H,74,83)(H,75,86)(H,76,82)(H3,67,70,77,87)/t38?,39-,40-,47-,49-,50-,52-/m0/s1. The third-order valence-corrected chi connectivity index (χ3v) is 14.7. The number of benzene rings is 3. The second-order valence-electron chi connectivity index (χ2n) is 21.9. The number of hydrogen-bond acceptors (Lipinski definition) is 19. The number of likely N-dealkylation sites (N-methyl/N-ethyl adjacent to an activating group) is 2. The van der Waals surface area contributed by atoms with Gasteiger partial charge in [0.15, 0.2) is 5.96 Å². The Morgan fingerprint density at radius 3 is 1.90 bits per heavy atom. The number of rotatable bonds is 39. The van der Waals surface area contributed by atoms with E-state index in [2.05, 4.69) is 71.6 Å². The highest BCUT2D eigenvalue weighted by atomic mass is 35.5. The number of amides is 8. The number of nitrogens with zero attached hydrogens (tertiary/aromatic N) is 2. The first-order chi connectivity index (χ1) is 43.5. The number of aromatic nitrogens is 1. The number of alkyl carbamates (subject to hydrolysis) is 1. The number of unbranched alkanes of at least 4 members (excludes halogenated alkanes) is 2. The Bertz CT molecular complexity index is 3030. The van der Waals surface area contributed by atoms with Gasteiger partial charge in [-0.25, -0.2) is 9.59 Å². The van der Waals surface area contributed by atoms with Crippen LogP contribution in [0.15, 0.2) is 79.0 Å². The fourth-order valence-corrected chi connectivity index (χ4v) is 9.33. The molecular weight excluding hydrogens is 1200 g/mol. The number of nitrogens with two attached hydrogens (primary N) is 3. The van der Waals surface area contributed by atoms with E-state index >= 15 is 0 Å². The van der Waals surface area contributed by atoms with Gasteiger partial charge in [-0.3, -0.25) is 49.3 Å². The van der Waals surface area contributed by atoms with Crippen molar-refractivity contribution in [2.45, 2.75) is 154 Å². The van der Waals surface area contributed by atoms with Crippen molar-refractivity contribution in [3.05, 3.63) is 101 Å². The van der Waals surface area contributed by atoms with Crippen LogP contribution in [0, 0.1) is 5.41 Å². The molecule has 17 N–H and O–H groups in total. The SMILES string of the molecule is CCN(CCCC(C)Nc1ccnc2cc(Cl)ccc12)CCOC(=O)OCc1ccc(COC(=O)NC(=N)NCCCC[C@H](NC(=O)[C@H](CCCCN)NC(=O)[C@@H](N)CCC(N)=O)C(=O)N[C@@H](C)C(=O)N[C@@H](C)C(=O)N[C@@H](Cc2ccc(O)cc2)C(=O)NC)cc1. The molecule has 1 aromatic heterocycles. The lowest BCUT2D eigenvalue weighted by Crippen LogP contribution is -2.58. The lowest BCUT2D eigenvalue weighted by Gasteiger charge is -2.26. The van der Waals surface area contributed by atoms with Crippen LogP contribution in [-0.4, -0.2) is 163 Å². The van der Waals surface area contributed by atoms with Crippen molar-refractivity contribution in [2.75, 3.05) is 51.7 Å². The van der Waals surface area contributed by atoms with E-state index in [1.807, 2.05) is 24.3 Å². The molecule has 0 fully saturated rings. The summed E-state index contributed by atoms with van der Waals surface area (Å²) in [4.78, 5) is 123. The number of phenolic OH excluding ortho intramolecular Hbond substituents is 1. The first-order valence-corrected chi connectivity index (χ1v) is 30.8. The first kappa shape index (κ1) is 74.6. The molecule has 0 spiro atoms. The molecule has 4 aromatic rings. The molecule has 0 saturated heterocycles. The van der Waals surface area contributed by atoms with Crippen LogP contribution in [0.4, 0.5) is 15.3 Å². The molecule has 0 radical (unpaired) electrons. The molecule has 0 aliphatic carbocycles. The number of anilines is 1. The predicted octanol–water partition coefficient (Wildman–Crippen LogP) is 2.94. The zero-order valence-corrected chi connectivity index (χ0v) is 53.1. The quantitative estimate of drug-likeness (QED) is 0.0132. The largest absolute Gasteiger partial charge is 0.508 e. The molecule has 0 saturated carbocycles. The summed E-state index contributed by atoms with van der Waals surface area (Å²) < 4.78 is 15.9. The highest BCUT2D eigenvalue weighted by molar-refractivity contribution is 6.31. The maximum Gasteiger partial charge on any atom is 0.508 e. The molecule has 3 aromatic carbocycles. The Morgan fingerprint density at radius 2 is 1.26 bits per heavy atom. The number of aromatic hydroxyl groups is 1. The van der Waals surface area contributed by atoms with Crippen molar-refractivity contribution in [2.24, 2.45) is 17.2 Å². The Morgan fingerprint density at radius 1 is 0.670 bits per heavy atom. The average molecular weight is 1290 g/mol. The average Bonchev–Trinajstić information content (AvgIpc) is 1.11. The number of phenols is 1. The topological polar surface area (TPSA) is 428 Å². The van der Waals surface area contributed by atoms with Crippen LogP contribution in [0.1, 0.15) is 109 Å². The summed E-state index contributed by atoms with van der Waals surface area (Å²) in [5.41, 5.74) is 20.7. The van der Waals surface area contributed by atoms with Crippen LogP contribution in [-0.2, 0) is 67.4 Å². The van der Waals surface area contributed by atoms with Gasteiger partial charge in [0.1, 0.15) is 55.8 Å². The van der Waals surface area contributed by atoms with Gasteiger partial charge in [0.2, 0.25) is 41.4 Å². The summed E-state index contributed by atoms with van der Waals surface area (Å²) in [5.74, 6) is -5.32. The van der Waals surface area contributed by atoms with Gasteiger partial charge >= 0.3 is 12.2 Å². The van der Waals surface area contributed by atoms with Crippen LogP contribution >= 0.6 is 11.6 Å². The van der Waals surface area contributed by atoms with E-state index in [1.165, 1.54) is 33.0 Å². The Hall–Kier alpha value is -8.86. The Balaban J connectivity index is 1.22. The molecule has 4 rings (SSSR count). The lowest BCUT2D eigenvalue weighted by molar-refractivity contribution is -0.135. The number of pyridine rings is 1. The van der Waals surface area contributed by atoms with Gasteiger partial charge in [-0.1, -0.05) is 54.9 Å². The van der Waals surface area contributed by atoms with Gasteiger partial charge in [0.05, 0.1) is 11.6 Å². The number of ether oxygens (including phenoxy) is 3. The van der Waals surface area contributed by atoms with E-state index in [1.54, 1.807) is 42.6 Å². The molecule has 1 unspecified atom stereocenters. The zero-order valence-electron chi connectivity index (χ0n) is 52.3. The molecule has 29 heteroatoms. The van der Waals surface area contributed by atoms with Gasteiger partial charge in [-0.05, 0) is 151 Å². The number of primary amides is 1. The van der Waals surface area contributed by atoms with Crippen LogP contribution < -0.4 is 65.1 Å². The van der Waals surface area contributed by atoms with Gasteiger partial charge in [-0.15, -0.1) is 0 Å². The van der Waals surface area contributed by atoms with E-state index < -0.39 is 89.8 Å². The first-order valence-electron chi connectivity index (χ1n) is 30.4. The van der Waals surface area contributed by atoms with Gasteiger partial charge < -0.3 is 84.0 Å². The number of carbonyl (C=O) groups excluding carboxylic acids is 9. The Kier molecular flexibility index (Phi) is 32.8. The maximum absolute atomic E-state index is 13.9. The molecule has 0 aliphatic rings. The molecule has 0 aliphatic heterocycles. The number of carbonyl (C=O) groups is 9. The molecule has 0 bridgehead atoms. The summed E-state index contributed by atoms with van der Waals surface area (Å²) in [5, 5.41) is 43.6. The smallest absolute Gasteiger partial charge is 0.508 e. The second kappa shape index (κ2) is 40.0. The minimum absolute atomic E-state index is 0.0182. The molecular formula is C62H90ClN15O13. The molecule has 91 heavy (non-hydrogen) atoms. The fourth-order valence-electron chi connectivity index (χ4n) is 9.17. The van der Waals surface area contributed by atoms with Crippen molar-refractivity contribution < 1.29 is 62.5 Å². The second-order valence-corrected chi connectivity index (χ2v) is 22.3. The molecule has 498 valence electrons. The third kappa shape index (κ3) is 28.2.